The number of likely N-dealkylation sites (tertiary alicyclic amines) is 1. The summed E-state index contributed by atoms with van der Waals surface area (Å²) in [6.07, 6.45) is 4.68. The molecule has 266 valence electrons. The van der Waals surface area contributed by atoms with Crippen LogP contribution in [-0.2, 0) is 33.8 Å². The minimum atomic E-state index is -3.60. The Morgan fingerprint density at radius 1 is 1.02 bits per heavy atom. The van der Waals surface area contributed by atoms with Crippen molar-refractivity contribution in [1.82, 2.24) is 26.2 Å². The standard InChI is InChI=1S/C31H49Cl2N5O8S/c1-6-8-12-19(22(39)25(41)34-7-2)35-24(40)21-20-18(31(20,32)33)17-38(21)26(42)23(29(3,4)5)36-28(43)37-30(13-10-9-11-14-30)27-46-15-16-47(27,44)45/h18-21,23,27H,6-17H2,1-5H3,(H,34,41)(H,35,40)(H2,36,37,43)/t18-,19-,20-,21-,23+,27?/m0/s1. The lowest BCUT2D eigenvalue weighted by atomic mass is 9.82. The van der Waals surface area contributed by atoms with Crippen LogP contribution in [0, 0.1) is 17.3 Å². The number of alkyl halides is 2. The van der Waals surface area contributed by atoms with E-state index in [2.05, 4.69) is 21.3 Å². The van der Waals surface area contributed by atoms with E-state index in [0.29, 0.717) is 32.1 Å². The van der Waals surface area contributed by atoms with Crippen molar-refractivity contribution in [3.63, 3.8) is 0 Å². The number of urea groups is 1. The molecule has 2 heterocycles. The lowest BCUT2D eigenvalue weighted by molar-refractivity contribution is -0.144. The largest absolute Gasteiger partial charge is 0.359 e. The summed E-state index contributed by atoms with van der Waals surface area (Å²) in [5, 5.41) is 10.9. The minimum Gasteiger partial charge on any atom is -0.359 e. The first-order valence-electron chi connectivity index (χ1n) is 16.6. The molecule has 0 aromatic carbocycles. The number of amides is 5. The van der Waals surface area contributed by atoms with E-state index in [1.807, 2.05) is 6.92 Å². The summed E-state index contributed by atoms with van der Waals surface area (Å²) in [6, 6.07) is -4.10. The molecule has 0 radical (unpaired) electrons. The second-order valence-corrected chi connectivity index (χ2v) is 18.0. The first-order valence-corrected chi connectivity index (χ1v) is 19.1. The zero-order chi connectivity index (χ0) is 34.9. The number of hydrogen-bond acceptors (Lipinski definition) is 8. The van der Waals surface area contributed by atoms with Gasteiger partial charge in [-0.1, -0.05) is 59.8 Å². The van der Waals surface area contributed by atoms with Crippen molar-refractivity contribution in [2.24, 2.45) is 17.3 Å². The molecule has 4 rings (SSSR count). The number of nitrogens with one attached hydrogen (secondary N) is 4. The topological polar surface area (TPSA) is 180 Å². The molecule has 2 saturated carbocycles. The molecule has 0 aromatic rings. The number of nitrogens with zero attached hydrogens (tertiary/aromatic N) is 1. The number of sulfone groups is 1. The molecular formula is C31H49Cl2N5O8S. The van der Waals surface area contributed by atoms with Crippen LogP contribution in [0.4, 0.5) is 4.79 Å². The normalized spacial score (nSPS) is 28.4. The van der Waals surface area contributed by atoms with Crippen LogP contribution in [0.15, 0.2) is 0 Å². The maximum absolute atomic E-state index is 14.3. The van der Waals surface area contributed by atoms with Crippen molar-refractivity contribution < 1.29 is 37.1 Å². The number of halogens is 2. The molecule has 4 aliphatic rings. The van der Waals surface area contributed by atoms with Gasteiger partial charge in [-0.15, -0.1) is 23.2 Å². The SMILES string of the molecule is CCCC[C@H](NC(=O)[C@@H]1[C@@H]2[C@H](CN1C(=O)[C@@H](NC(=O)NC1(C3OCCS3(=O)=O)CCCCC1)C(C)(C)C)C2(Cl)Cl)C(=O)C(=O)NCC. The first-order chi connectivity index (χ1) is 21.9. The van der Waals surface area contributed by atoms with E-state index in [9.17, 15) is 32.4 Å². The Balaban J connectivity index is 1.56. The summed E-state index contributed by atoms with van der Waals surface area (Å²) in [6.45, 7) is 9.24. The third-order valence-corrected chi connectivity index (χ3v) is 12.9. The number of likely N-dealkylation sites (N-methyl/N-ethyl adjacent to an activating group) is 1. The number of ether oxygens (including phenoxy) is 1. The van der Waals surface area contributed by atoms with Gasteiger partial charge in [0.25, 0.3) is 5.91 Å². The molecule has 0 bridgehead atoms. The molecule has 6 atom stereocenters. The highest BCUT2D eigenvalue weighted by Gasteiger charge is 2.74. The Kier molecular flexibility index (Phi) is 11.5. The zero-order valence-electron chi connectivity index (χ0n) is 27.8. The number of hydrogen-bond donors (Lipinski definition) is 4. The van der Waals surface area contributed by atoms with Gasteiger partial charge in [-0.3, -0.25) is 19.2 Å². The van der Waals surface area contributed by atoms with Crippen molar-refractivity contribution in [2.45, 2.75) is 119 Å². The maximum atomic E-state index is 14.3. The Bertz CT molecular complexity index is 1350. The Labute approximate surface area is 287 Å². The number of rotatable bonds is 12. The van der Waals surface area contributed by atoms with E-state index in [1.165, 1.54) is 4.90 Å². The van der Waals surface area contributed by atoms with E-state index in [-0.39, 0.29) is 31.9 Å². The van der Waals surface area contributed by atoms with Crippen LogP contribution in [-0.4, -0.2) is 102 Å². The molecule has 5 amide bonds. The van der Waals surface area contributed by atoms with Gasteiger partial charge in [-0.05, 0) is 31.6 Å². The second-order valence-electron chi connectivity index (χ2n) is 14.4. The molecule has 13 nitrogen and oxygen atoms in total. The maximum Gasteiger partial charge on any atom is 0.316 e. The van der Waals surface area contributed by atoms with E-state index in [0.717, 1.165) is 12.8 Å². The molecule has 2 saturated heterocycles. The number of piperidine rings is 1. The number of ketones is 1. The molecule has 2 aliphatic heterocycles. The van der Waals surface area contributed by atoms with E-state index in [1.54, 1.807) is 27.7 Å². The molecular weight excluding hydrogens is 673 g/mol. The van der Waals surface area contributed by atoms with Crippen LogP contribution >= 0.6 is 23.2 Å². The molecule has 47 heavy (non-hydrogen) atoms. The van der Waals surface area contributed by atoms with E-state index >= 15 is 0 Å². The van der Waals surface area contributed by atoms with E-state index in [4.69, 9.17) is 27.9 Å². The summed E-state index contributed by atoms with van der Waals surface area (Å²) in [5.41, 5.74) is -3.15. The van der Waals surface area contributed by atoms with Crippen molar-refractivity contribution >= 4 is 62.6 Å². The summed E-state index contributed by atoms with van der Waals surface area (Å²) in [4.78, 5) is 68.5. The summed E-state index contributed by atoms with van der Waals surface area (Å²) in [7, 11) is -3.60. The van der Waals surface area contributed by atoms with Gasteiger partial charge in [0.15, 0.2) is 15.3 Å². The number of fused-ring (bicyclic) bond motifs is 1. The van der Waals surface area contributed by atoms with Gasteiger partial charge < -0.3 is 30.9 Å². The highest BCUT2D eigenvalue weighted by Crippen LogP contribution is 2.65. The number of carbonyl (C=O) groups excluding carboxylic acids is 5. The average Bonchev–Trinajstić information content (AvgIpc) is 3.30. The fourth-order valence-electron chi connectivity index (χ4n) is 7.27. The van der Waals surface area contributed by atoms with Crippen LogP contribution in [0.1, 0.15) is 86.0 Å². The average molecular weight is 723 g/mol. The lowest BCUT2D eigenvalue weighted by Gasteiger charge is -2.42. The molecule has 16 heteroatoms. The highest BCUT2D eigenvalue weighted by molar-refractivity contribution is 7.92. The molecule has 1 unspecified atom stereocenters. The quantitative estimate of drug-likeness (QED) is 0.175. The number of Topliss-reactive ketones (excluding diaryl/α,β-unsaturated/α-hetero) is 1. The smallest absolute Gasteiger partial charge is 0.316 e. The van der Waals surface area contributed by atoms with Gasteiger partial charge in [0.1, 0.15) is 16.4 Å². The van der Waals surface area contributed by atoms with Crippen molar-refractivity contribution in [3.8, 4) is 0 Å². The van der Waals surface area contributed by atoms with Gasteiger partial charge in [0, 0.05) is 24.9 Å². The second kappa shape index (κ2) is 14.4. The molecule has 4 N–H and O–H groups in total. The Morgan fingerprint density at radius 2 is 1.68 bits per heavy atom. The summed E-state index contributed by atoms with van der Waals surface area (Å²) >= 11 is 13.1. The number of carbonyl (C=O) groups is 5. The van der Waals surface area contributed by atoms with Crippen LogP contribution < -0.4 is 21.3 Å². The fraction of sp³-hybridized carbons (Fsp3) is 0.839. The molecule has 0 aromatic heterocycles. The van der Waals surface area contributed by atoms with Crippen LogP contribution in [0.5, 0.6) is 0 Å². The van der Waals surface area contributed by atoms with E-state index < -0.39 is 90.1 Å². The monoisotopic (exact) mass is 721 g/mol. The van der Waals surface area contributed by atoms with Crippen molar-refractivity contribution in [1.29, 1.82) is 0 Å². The molecule has 2 aliphatic carbocycles. The third-order valence-electron chi connectivity index (χ3n) is 9.84. The van der Waals surface area contributed by atoms with Crippen molar-refractivity contribution in [3.05, 3.63) is 0 Å². The van der Waals surface area contributed by atoms with Crippen LogP contribution in [0.3, 0.4) is 0 Å². The third kappa shape index (κ3) is 7.86. The Hall–Kier alpha value is -2.16. The lowest BCUT2D eigenvalue weighted by Crippen LogP contribution is -2.65. The highest BCUT2D eigenvalue weighted by atomic mass is 35.5. The fourth-order valence-corrected chi connectivity index (χ4v) is 9.92. The predicted octanol–water partition coefficient (Wildman–Crippen LogP) is 2.19. The summed E-state index contributed by atoms with van der Waals surface area (Å²) < 4.78 is 30.2. The van der Waals surface area contributed by atoms with Gasteiger partial charge >= 0.3 is 6.03 Å². The predicted molar refractivity (Wildman–Crippen MR) is 176 cm³/mol. The van der Waals surface area contributed by atoms with Gasteiger partial charge in [-0.2, -0.15) is 0 Å². The summed E-state index contributed by atoms with van der Waals surface area (Å²) in [5.74, 6) is -3.95. The van der Waals surface area contributed by atoms with Crippen molar-refractivity contribution in [2.75, 3.05) is 25.4 Å². The number of unbranched alkanes of at least 4 members (excludes halogenated alkanes) is 1. The molecule has 0 spiro atoms. The minimum absolute atomic E-state index is 0.0481. The van der Waals surface area contributed by atoms with Crippen LogP contribution in [0.25, 0.3) is 0 Å². The van der Waals surface area contributed by atoms with Gasteiger partial charge in [0.05, 0.1) is 23.9 Å². The Morgan fingerprint density at radius 3 is 2.23 bits per heavy atom. The van der Waals surface area contributed by atoms with Gasteiger partial charge in [-0.25, -0.2) is 13.2 Å². The van der Waals surface area contributed by atoms with Crippen LogP contribution in [0.2, 0.25) is 0 Å². The van der Waals surface area contributed by atoms with Gasteiger partial charge in [0.2, 0.25) is 17.6 Å². The first kappa shape index (κ1) is 37.7. The zero-order valence-corrected chi connectivity index (χ0v) is 30.2. The molecule has 4 fully saturated rings.